The molecule has 6 nitrogen and oxygen atoms in total. The van der Waals surface area contributed by atoms with Gasteiger partial charge in [-0.3, -0.25) is 4.79 Å². The molecule has 0 saturated heterocycles. The van der Waals surface area contributed by atoms with E-state index in [1.54, 1.807) is 11.6 Å². The summed E-state index contributed by atoms with van der Waals surface area (Å²) in [6.07, 6.45) is 0.883. The van der Waals surface area contributed by atoms with Gasteiger partial charge in [-0.15, -0.1) is 0 Å². The predicted molar refractivity (Wildman–Crippen MR) is 115 cm³/mol. The Bertz CT molecular complexity index is 997. The highest BCUT2D eigenvalue weighted by atomic mass is 16.5. The molecule has 30 heavy (non-hydrogen) atoms. The fourth-order valence-corrected chi connectivity index (χ4v) is 3.50. The van der Waals surface area contributed by atoms with E-state index in [1.165, 1.54) is 0 Å². The van der Waals surface area contributed by atoms with E-state index in [0.29, 0.717) is 17.7 Å². The summed E-state index contributed by atoms with van der Waals surface area (Å²) in [5.74, 6) is -0.687. The lowest BCUT2D eigenvalue weighted by Gasteiger charge is -2.18. The van der Waals surface area contributed by atoms with E-state index in [0.717, 1.165) is 16.9 Å². The smallest absolute Gasteiger partial charge is 0.333 e. The van der Waals surface area contributed by atoms with Crippen LogP contribution in [0.4, 0.5) is 0 Å². The van der Waals surface area contributed by atoms with E-state index < -0.39 is 12.0 Å². The number of esters is 1. The highest BCUT2D eigenvalue weighted by molar-refractivity contribution is 5.86. The number of para-hydroxylation sites is 1. The molecule has 0 aliphatic carbocycles. The molecule has 3 rings (SSSR count). The molecular formula is C24H27N3O3. The molecule has 1 N–H and O–H groups in total. The first-order chi connectivity index (χ1) is 14.5. The van der Waals surface area contributed by atoms with Crippen molar-refractivity contribution in [1.29, 1.82) is 0 Å². The summed E-state index contributed by atoms with van der Waals surface area (Å²) in [5.41, 5.74) is 4.11. The van der Waals surface area contributed by atoms with Crippen LogP contribution in [0, 0.1) is 13.8 Å². The van der Waals surface area contributed by atoms with Crippen molar-refractivity contribution in [3.05, 3.63) is 83.2 Å². The number of ether oxygens (including phenoxy) is 1. The molecular weight excluding hydrogens is 378 g/mol. The molecule has 0 unspecified atom stereocenters. The average Bonchev–Trinajstić information content (AvgIpc) is 3.06. The van der Waals surface area contributed by atoms with Gasteiger partial charge >= 0.3 is 5.97 Å². The third kappa shape index (κ3) is 4.95. The largest absolute Gasteiger partial charge is 0.464 e. The first-order valence-electron chi connectivity index (χ1n) is 10.1. The van der Waals surface area contributed by atoms with Gasteiger partial charge in [0.25, 0.3) is 0 Å². The van der Waals surface area contributed by atoms with Crippen LogP contribution in [0.5, 0.6) is 0 Å². The van der Waals surface area contributed by atoms with Crippen LogP contribution >= 0.6 is 0 Å². The minimum absolute atomic E-state index is 0.205. The van der Waals surface area contributed by atoms with E-state index in [1.807, 2.05) is 74.5 Å². The van der Waals surface area contributed by atoms with Crippen molar-refractivity contribution >= 4 is 11.9 Å². The van der Waals surface area contributed by atoms with Crippen LogP contribution in [0.3, 0.4) is 0 Å². The first-order valence-corrected chi connectivity index (χ1v) is 10.1. The second-order valence-corrected chi connectivity index (χ2v) is 7.07. The molecule has 0 aliphatic rings. The maximum absolute atomic E-state index is 12.7. The third-order valence-corrected chi connectivity index (χ3v) is 4.95. The second-order valence-electron chi connectivity index (χ2n) is 7.07. The van der Waals surface area contributed by atoms with Gasteiger partial charge in [0.05, 0.1) is 18.0 Å². The lowest BCUT2D eigenvalue weighted by Crippen LogP contribution is -2.35. The van der Waals surface area contributed by atoms with Crippen LogP contribution in [0.15, 0.2) is 60.7 Å². The summed E-state index contributed by atoms with van der Waals surface area (Å²) in [5, 5.41) is 7.47. The van der Waals surface area contributed by atoms with E-state index in [4.69, 9.17) is 4.74 Å². The van der Waals surface area contributed by atoms with Gasteiger partial charge in [-0.05, 0) is 44.9 Å². The summed E-state index contributed by atoms with van der Waals surface area (Å²) in [6, 6.07) is 18.6. The molecule has 6 heteroatoms. The molecule has 0 fully saturated rings. The first kappa shape index (κ1) is 21.3. The van der Waals surface area contributed by atoms with Crippen LogP contribution in [0.2, 0.25) is 0 Å². The number of nitrogens with one attached hydrogen (secondary N) is 1. The number of nitrogens with zero attached hydrogens (tertiary/aromatic N) is 2. The van der Waals surface area contributed by atoms with Crippen molar-refractivity contribution in [1.82, 2.24) is 15.1 Å². The number of rotatable bonds is 8. The van der Waals surface area contributed by atoms with Crippen molar-refractivity contribution in [2.24, 2.45) is 0 Å². The minimum atomic E-state index is -0.898. The summed E-state index contributed by atoms with van der Waals surface area (Å²) in [4.78, 5) is 25.4. The number of aryl methyl sites for hydroxylation is 2. The minimum Gasteiger partial charge on any atom is -0.464 e. The summed E-state index contributed by atoms with van der Waals surface area (Å²) >= 11 is 0. The van der Waals surface area contributed by atoms with Gasteiger partial charge < -0.3 is 10.1 Å². The zero-order chi connectivity index (χ0) is 21.5. The Morgan fingerprint density at radius 3 is 2.30 bits per heavy atom. The normalized spacial score (nSPS) is 11.7. The van der Waals surface area contributed by atoms with Crippen LogP contribution in [-0.4, -0.2) is 28.3 Å². The second kappa shape index (κ2) is 9.87. The topological polar surface area (TPSA) is 73.2 Å². The zero-order valence-electron chi connectivity index (χ0n) is 17.6. The van der Waals surface area contributed by atoms with Gasteiger partial charge in [-0.25, -0.2) is 9.48 Å². The quantitative estimate of drug-likeness (QED) is 0.578. The number of benzene rings is 2. The number of aromatic nitrogens is 2. The summed E-state index contributed by atoms with van der Waals surface area (Å²) in [6.45, 7) is 5.72. The SMILES string of the molecule is CCOC(=O)[C@H](NC(=O)CCc1ccccc1)c1c(C)nn(-c2ccccc2)c1C. The van der Waals surface area contributed by atoms with Crippen LogP contribution < -0.4 is 5.32 Å². The summed E-state index contributed by atoms with van der Waals surface area (Å²) < 4.78 is 7.04. The predicted octanol–water partition coefficient (Wildman–Crippen LogP) is 3.84. The van der Waals surface area contributed by atoms with Gasteiger partial charge in [0.15, 0.2) is 6.04 Å². The Hall–Kier alpha value is -3.41. The maximum atomic E-state index is 12.7. The number of carbonyl (C=O) groups is 2. The van der Waals surface area contributed by atoms with E-state index in [-0.39, 0.29) is 18.9 Å². The summed E-state index contributed by atoms with van der Waals surface area (Å²) in [7, 11) is 0. The Morgan fingerprint density at radius 2 is 1.67 bits per heavy atom. The monoisotopic (exact) mass is 405 g/mol. The third-order valence-electron chi connectivity index (χ3n) is 4.95. The van der Waals surface area contributed by atoms with Gasteiger partial charge in [0, 0.05) is 17.7 Å². The molecule has 0 spiro atoms. The molecule has 0 aliphatic heterocycles. The highest BCUT2D eigenvalue weighted by Crippen LogP contribution is 2.25. The Morgan fingerprint density at radius 1 is 1.03 bits per heavy atom. The zero-order valence-corrected chi connectivity index (χ0v) is 17.6. The standard InChI is InChI=1S/C24H27N3O3/c1-4-30-24(29)23(25-21(28)16-15-19-11-7-5-8-12-19)22-17(2)26-27(18(22)3)20-13-9-6-10-14-20/h5-14,23H,4,15-16H2,1-3H3,(H,25,28)/t23-/m1/s1. The molecule has 2 aromatic carbocycles. The van der Waals surface area contributed by atoms with Gasteiger partial charge in [0.2, 0.25) is 5.91 Å². The maximum Gasteiger partial charge on any atom is 0.333 e. The lowest BCUT2D eigenvalue weighted by molar-refractivity contribution is -0.147. The van der Waals surface area contributed by atoms with Gasteiger partial charge in [-0.2, -0.15) is 5.10 Å². The number of amides is 1. The Labute approximate surface area is 176 Å². The van der Waals surface area contributed by atoms with Crippen molar-refractivity contribution in [2.45, 2.75) is 39.7 Å². The lowest BCUT2D eigenvalue weighted by atomic mass is 10.0. The Balaban J connectivity index is 1.84. The van der Waals surface area contributed by atoms with Crippen LogP contribution in [0.25, 0.3) is 5.69 Å². The Kier molecular flexibility index (Phi) is 7.01. The van der Waals surface area contributed by atoms with E-state index >= 15 is 0 Å². The average molecular weight is 405 g/mol. The number of hydrogen-bond donors (Lipinski definition) is 1. The molecule has 0 saturated carbocycles. The highest BCUT2D eigenvalue weighted by Gasteiger charge is 2.30. The molecule has 1 amide bonds. The van der Waals surface area contributed by atoms with E-state index in [9.17, 15) is 9.59 Å². The van der Waals surface area contributed by atoms with E-state index in [2.05, 4.69) is 10.4 Å². The molecule has 3 aromatic rings. The fourth-order valence-electron chi connectivity index (χ4n) is 3.50. The molecule has 1 heterocycles. The molecule has 156 valence electrons. The van der Waals surface area contributed by atoms with Crippen molar-refractivity contribution < 1.29 is 14.3 Å². The molecule has 0 bridgehead atoms. The van der Waals surface area contributed by atoms with Crippen molar-refractivity contribution in [3.63, 3.8) is 0 Å². The van der Waals surface area contributed by atoms with Gasteiger partial charge in [0.1, 0.15) is 0 Å². The van der Waals surface area contributed by atoms with Crippen molar-refractivity contribution in [3.8, 4) is 5.69 Å². The van der Waals surface area contributed by atoms with Crippen molar-refractivity contribution in [2.75, 3.05) is 6.61 Å². The number of carbonyl (C=O) groups excluding carboxylic acids is 2. The molecule has 1 aromatic heterocycles. The van der Waals surface area contributed by atoms with Crippen LogP contribution in [0.1, 0.15) is 41.9 Å². The number of hydrogen-bond acceptors (Lipinski definition) is 4. The molecule has 0 radical (unpaired) electrons. The van der Waals surface area contributed by atoms with Gasteiger partial charge in [-0.1, -0.05) is 48.5 Å². The fraction of sp³-hybridized carbons (Fsp3) is 0.292. The molecule has 1 atom stereocenters. The van der Waals surface area contributed by atoms with Crippen LogP contribution in [-0.2, 0) is 20.7 Å².